The molecule has 23 heavy (non-hydrogen) atoms. The van der Waals surface area contributed by atoms with Crippen LogP contribution in [-0.4, -0.2) is 13.7 Å². The summed E-state index contributed by atoms with van der Waals surface area (Å²) in [7, 11) is -3.40. The lowest BCUT2D eigenvalue weighted by Gasteiger charge is -2.12. The van der Waals surface area contributed by atoms with Gasteiger partial charge in [-0.2, -0.15) is 0 Å². The van der Waals surface area contributed by atoms with Gasteiger partial charge >= 0.3 is 0 Å². The van der Waals surface area contributed by atoms with Gasteiger partial charge in [0.1, 0.15) is 17.3 Å². The lowest BCUT2D eigenvalue weighted by molar-refractivity contribution is 0.588. The second kappa shape index (κ2) is 6.95. The summed E-state index contributed by atoms with van der Waals surface area (Å²) in [4.78, 5) is 0. The topological polar surface area (TPSA) is 58.2 Å². The van der Waals surface area contributed by atoms with Gasteiger partial charge in [-0.3, -0.25) is 4.72 Å². The molecule has 7 heteroatoms. The first-order chi connectivity index (χ1) is 10.8. The minimum Gasteiger partial charge on any atom is -0.376 e. The molecule has 2 aromatic carbocycles. The van der Waals surface area contributed by atoms with Gasteiger partial charge in [0, 0.05) is 12.2 Å². The van der Waals surface area contributed by atoms with Gasteiger partial charge in [-0.1, -0.05) is 18.2 Å². The number of hydrogen-bond acceptors (Lipinski definition) is 3. The van der Waals surface area contributed by atoms with Crippen LogP contribution in [0.25, 0.3) is 0 Å². The molecule has 0 fully saturated rings. The van der Waals surface area contributed by atoms with Crippen molar-refractivity contribution in [1.82, 2.24) is 0 Å². The van der Waals surface area contributed by atoms with E-state index in [0.29, 0.717) is 5.69 Å². The van der Waals surface area contributed by atoms with Crippen LogP contribution in [-0.2, 0) is 16.6 Å². The van der Waals surface area contributed by atoms with E-state index in [1.165, 1.54) is 18.2 Å². The number of anilines is 2. The van der Waals surface area contributed by atoms with Crippen LogP contribution in [0.3, 0.4) is 0 Å². The Hall–Kier alpha value is -2.15. The van der Waals surface area contributed by atoms with Crippen molar-refractivity contribution in [3.63, 3.8) is 0 Å². The summed E-state index contributed by atoms with van der Waals surface area (Å²) in [6, 6.07) is 10.2. The molecule has 2 rings (SSSR count). The maximum absolute atomic E-state index is 13.5. The zero-order valence-corrected chi connectivity index (χ0v) is 13.6. The maximum atomic E-state index is 13.5. The summed E-state index contributed by atoms with van der Waals surface area (Å²) in [5.41, 5.74) is 1.02. The van der Waals surface area contributed by atoms with Crippen molar-refractivity contribution in [2.75, 3.05) is 10.0 Å². The van der Waals surface area contributed by atoms with E-state index in [1.54, 1.807) is 38.1 Å². The molecular weight excluding hydrogens is 322 g/mol. The van der Waals surface area contributed by atoms with E-state index in [9.17, 15) is 17.2 Å². The third-order valence-corrected chi connectivity index (χ3v) is 5.03. The molecule has 0 unspecified atom stereocenters. The van der Waals surface area contributed by atoms with Crippen molar-refractivity contribution in [2.24, 2.45) is 0 Å². The summed E-state index contributed by atoms with van der Waals surface area (Å²) in [5, 5.41) is 2.16. The Morgan fingerprint density at radius 2 is 1.57 bits per heavy atom. The Bertz CT molecular complexity index is 755. The van der Waals surface area contributed by atoms with E-state index in [-0.39, 0.29) is 12.2 Å². The number of benzene rings is 2. The Kier molecular flexibility index (Phi) is 5.20. The summed E-state index contributed by atoms with van der Waals surface area (Å²) in [5.74, 6) is -1.32. The molecule has 4 nitrogen and oxygen atoms in total. The van der Waals surface area contributed by atoms with Gasteiger partial charge in [0.15, 0.2) is 0 Å². The second-order valence-electron chi connectivity index (χ2n) is 5.34. The molecule has 0 saturated carbocycles. The molecule has 2 aromatic rings. The Labute approximate surface area is 134 Å². The minimum atomic E-state index is -3.40. The summed E-state index contributed by atoms with van der Waals surface area (Å²) in [6.07, 6.45) is 0. The van der Waals surface area contributed by atoms with Crippen molar-refractivity contribution in [2.45, 2.75) is 25.6 Å². The molecule has 0 saturated heterocycles. The SMILES string of the molecule is CC(C)S(=O)(=O)Nc1ccc(CNc2c(F)cccc2F)cc1. The first kappa shape index (κ1) is 17.2. The smallest absolute Gasteiger partial charge is 0.235 e. The standard InChI is InChI=1S/C16H18F2N2O2S/c1-11(2)23(21,22)20-13-8-6-12(7-9-13)10-19-16-14(17)4-3-5-15(16)18/h3-9,11,19-20H,10H2,1-2H3. The van der Waals surface area contributed by atoms with Gasteiger partial charge in [-0.15, -0.1) is 0 Å². The van der Waals surface area contributed by atoms with Crippen molar-refractivity contribution in [3.8, 4) is 0 Å². The van der Waals surface area contributed by atoms with E-state index in [2.05, 4.69) is 10.0 Å². The Morgan fingerprint density at radius 1 is 1.00 bits per heavy atom. The molecule has 0 heterocycles. The van der Waals surface area contributed by atoms with E-state index < -0.39 is 26.9 Å². The average Bonchev–Trinajstić information content (AvgIpc) is 2.48. The van der Waals surface area contributed by atoms with Gasteiger partial charge in [0.25, 0.3) is 0 Å². The van der Waals surface area contributed by atoms with Crippen molar-refractivity contribution >= 4 is 21.4 Å². The molecule has 0 amide bonds. The van der Waals surface area contributed by atoms with Gasteiger partial charge in [-0.05, 0) is 43.7 Å². The number of sulfonamides is 1. The predicted octanol–water partition coefficient (Wildman–Crippen LogP) is 3.73. The largest absolute Gasteiger partial charge is 0.376 e. The van der Waals surface area contributed by atoms with Crippen LogP contribution in [0.5, 0.6) is 0 Å². The van der Waals surface area contributed by atoms with Crippen molar-refractivity contribution < 1.29 is 17.2 Å². The third kappa shape index (κ3) is 4.41. The van der Waals surface area contributed by atoms with E-state index in [0.717, 1.165) is 5.56 Å². The minimum absolute atomic E-state index is 0.183. The maximum Gasteiger partial charge on any atom is 0.235 e. The van der Waals surface area contributed by atoms with E-state index in [4.69, 9.17) is 0 Å². The molecule has 0 aliphatic heterocycles. The first-order valence-electron chi connectivity index (χ1n) is 7.08. The fourth-order valence-corrected chi connectivity index (χ4v) is 2.53. The van der Waals surface area contributed by atoms with Crippen LogP contribution in [0.4, 0.5) is 20.2 Å². The number of halogens is 2. The lowest BCUT2D eigenvalue weighted by atomic mass is 10.2. The highest BCUT2D eigenvalue weighted by atomic mass is 32.2. The van der Waals surface area contributed by atoms with Gasteiger partial charge < -0.3 is 5.32 Å². The lowest BCUT2D eigenvalue weighted by Crippen LogP contribution is -2.22. The third-order valence-electron chi connectivity index (χ3n) is 3.27. The monoisotopic (exact) mass is 340 g/mol. The zero-order chi connectivity index (χ0) is 17.0. The summed E-state index contributed by atoms with van der Waals surface area (Å²) in [6.45, 7) is 3.39. The number of nitrogens with one attached hydrogen (secondary N) is 2. The van der Waals surface area contributed by atoms with Crippen LogP contribution in [0.1, 0.15) is 19.4 Å². The molecule has 0 radical (unpaired) electrons. The molecular formula is C16H18F2N2O2S. The molecule has 2 N–H and O–H groups in total. The van der Waals surface area contributed by atoms with E-state index in [1.807, 2.05) is 0 Å². The molecule has 124 valence electrons. The van der Waals surface area contributed by atoms with Crippen LogP contribution in [0.2, 0.25) is 0 Å². The first-order valence-corrected chi connectivity index (χ1v) is 8.62. The molecule has 0 aliphatic rings. The zero-order valence-electron chi connectivity index (χ0n) is 12.8. The van der Waals surface area contributed by atoms with Crippen LogP contribution >= 0.6 is 0 Å². The summed E-state index contributed by atoms with van der Waals surface area (Å²) >= 11 is 0. The molecule has 0 spiro atoms. The van der Waals surface area contributed by atoms with Crippen molar-refractivity contribution in [1.29, 1.82) is 0 Å². The number of hydrogen-bond donors (Lipinski definition) is 2. The molecule has 0 bridgehead atoms. The highest BCUT2D eigenvalue weighted by Gasteiger charge is 2.15. The normalized spacial score (nSPS) is 11.5. The second-order valence-corrected chi connectivity index (χ2v) is 7.58. The predicted molar refractivity (Wildman–Crippen MR) is 87.8 cm³/mol. The van der Waals surface area contributed by atoms with Gasteiger partial charge in [-0.25, -0.2) is 17.2 Å². The average molecular weight is 340 g/mol. The highest BCUT2D eigenvalue weighted by Crippen LogP contribution is 2.19. The Morgan fingerprint density at radius 3 is 2.09 bits per heavy atom. The van der Waals surface area contributed by atoms with Crippen LogP contribution in [0, 0.1) is 11.6 Å². The van der Waals surface area contributed by atoms with Crippen LogP contribution < -0.4 is 10.0 Å². The molecule has 0 aliphatic carbocycles. The Balaban J connectivity index is 2.03. The van der Waals surface area contributed by atoms with E-state index >= 15 is 0 Å². The number of para-hydroxylation sites is 1. The van der Waals surface area contributed by atoms with Gasteiger partial charge in [0.05, 0.1) is 5.25 Å². The van der Waals surface area contributed by atoms with Gasteiger partial charge in [0.2, 0.25) is 10.0 Å². The highest BCUT2D eigenvalue weighted by molar-refractivity contribution is 7.93. The number of rotatable bonds is 6. The molecule has 0 atom stereocenters. The fraction of sp³-hybridized carbons (Fsp3) is 0.250. The molecule has 0 aromatic heterocycles. The quantitative estimate of drug-likeness (QED) is 0.842. The summed E-state index contributed by atoms with van der Waals surface area (Å²) < 4.78 is 53.0. The van der Waals surface area contributed by atoms with Crippen LogP contribution in [0.15, 0.2) is 42.5 Å². The fourth-order valence-electron chi connectivity index (χ4n) is 1.83. The van der Waals surface area contributed by atoms with Crippen molar-refractivity contribution in [3.05, 3.63) is 59.7 Å².